The van der Waals surface area contributed by atoms with Crippen molar-refractivity contribution in [2.24, 2.45) is 11.7 Å². The molecule has 0 radical (unpaired) electrons. The van der Waals surface area contributed by atoms with Gasteiger partial charge in [-0.05, 0) is 12.3 Å². The number of amides is 1. The Morgan fingerprint density at radius 2 is 1.70 bits per heavy atom. The van der Waals surface area contributed by atoms with Gasteiger partial charge in [0.05, 0.1) is 6.54 Å². The molecule has 6 heteroatoms. The zero-order valence-electron chi connectivity index (χ0n) is 12.5. The third kappa shape index (κ3) is 8.12. The third-order valence-corrected chi connectivity index (χ3v) is 3.21. The van der Waals surface area contributed by atoms with Crippen molar-refractivity contribution >= 4 is 11.9 Å². The third-order valence-electron chi connectivity index (χ3n) is 3.21. The zero-order chi connectivity index (χ0) is 15.6. The second-order valence-electron chi connectivity index (χ2n) is 5.62. The molecular formula is C14H28N2O4. The van der Waals surface area contributed by atoms with Crippen molar-refractivity contribution < 1.29 is 19.8 Å². The number of nitrogens with two attached hydrogens (primary N) is 1. The van der Waals surface area contributed by atoms with Gasteiger partial charge >= 0.3 is 5.97 Å². The SMILES string of the molecule is CC(C)CCCCCCCC(O)(NC(=O)CN)C(=O)O. The van der Waals surface area contributed by atoms with Gasteiger partial charge in [-0.3, -0.25) is 4.79 Å². The molecule has 0 aromatic carbocycles. The lowest BCUT2D eigenvalue weighted by Crippen LogP contribution is -2.55. The average molecular weight is 288 g/mol. The lowest BCUT2D eigenvalue weighted by Gasteiger charge is -2.24. The van der Waals surface area contributed by atoms with Crippen LogP contribution < -0.4 is 11.1 Å². The summed E-state index contributed by atoms with van der Waals surface area (Å²) in [6, 6.07) is 0. The number of carboxylic acid groups (broad SMARTS) is 1. The van der Waals surface area contributed by atoms with Gasteiger partial charge < -0.3 is 21.3 Å². The minimum Gasteiger partial charge on any atom is -0.478 e. The van der Waals surface area contributed by atoms with E-state index in [4.69, 9.17) is 10.8 Å². The van der Waals surface area contributed by atoms with Crippen LogP contribution in [-0.2, 0) is 9.59 Å². The van der Waals surface area contributed by atoms with Gasteiger partial charge in [-0.1, -0.05) is 46.0 Å². The van der Waals surface area contributed by atoms with Crippen LogP contribution in [0.15, 0.2) is 0 Å². The lowest BCUT2D eigenvalue weighted by molar-refractivity contribution is -0.166. The minimum atomic E-state index is -2.20. The zero-order valence-corrected chi connectivity index (χ0v) is 12.5. The molecule has 0 aromatic rings. The molecule has 0 aliphatic heterocycles. The predicted molar refractivity (Wildman–Crippen MR) is 76.9 cm³/mol. The molecule has 0 aliphatic rings. The molecule has 20 heavy (non-hydrogen) atoms. The smallest absolute Gasteiger partial charge is 0.357 e. The summed E-state index contributed by atoms with van der Waals surface area (Å²) in [6.07, 6.45) is 5.88. The van der Waals surface area contributed by atoms with Crippen LogP contribution in [0.1, 0.15) is 58.8 Å². The van der Waals surface area contributed by atoms with E-state index in [2.05, 4.69) is 19.2 Å². The molecular weight excluding hydrogens is 260 g/mol. The largest absolute Gasteiger partial charge is 0.478 e. The van der Waals surface area contributed by atoms with E-state index in [1.165, 1.54) is 12.8 Å². The summed E-state index contributed by atoms with van der Waals surface area (Å²) in [5, 5.41) is 20.9. The van der Waals surface area contributed by atoms with Gasteiger partial charge in [0.25, 0.3) is 0 Å². The molecule has 0 saturated heterocycles. The average Bonchev–Trinajstić information content (AvgIpc) is 2.36. The Morgan fingerprint density at radius 1 is 1.15 bits per heavy atom. The highest BCUT2D eigenvalue weighted by Crippen LogP contribution is 2.15. The first-order chi connectivity index (χ1) is 9.31. The number of unbranched alkanes of at least 4 members (excludes halogenated alkanes) is 4. The minimum absolute atomic E-state index is 0.00173. The summed E-state index contributed by atoms with van der Waals surface area (Å²) in [5.41, 5.74) is 2.90. The Hall–Kier alpha value is -1.14. The molecule has 6 nitrogen and oxygen atoms in total. The molecule has 0 heterocycles. The highest BCUT2D eigenvalue weighted by molar-refractivity contribution is 5.86. The van der Waals surface area contributed by atoms with Crippen molar-refractivity contribution in [2.45, 2.75) is 64.5 Å². The molecule has 1 amide bonds. The van der Waals surface area contributed by atoms with Crippen LogP contribution in [0, 0.1) is 5.92 Å². The number of carboxylic acids is 1. The first-order valence-electron chi connectivity index (χ1n) is 7.28. The van der Waals surface area contributed by atoms with Crippen molar-refractivity contribution in [2.75, 3.05) is 6.54 Å². The maximum Gasteiger partial charge on any atom is 0.357 e. The monoisotopic (exact) mass is 288 g/mol. The summed E-state index contributed by atoms with van der Waals surface area (Å²) < 4.78 is 0. The van der Waals surface area contributed by atoms with Crippen molar-refractivity contribution in [3.05, 3.63) is 0 Å². The highest BCUT2D eigenvalue weighted by atomic mass is 16.4. The molecule has 5 N–H and O–H groups in total. The predicted octanol–water partition coefficient (Wildman–Crippen LogP) is 1.22. The van der Waals surface area contributed by atoms with E-state index in [1.807, 2.05) is 0 Å². The molecule has 0 fully saturated rings. The van der Waals surface area contributed by atoms with Crippen molar-refractivity contribution in [3.8, 4) is 0 Å². The second kappa shape index (κ2) is 9.72. The van der Waals surface area contributed by atoms with Gasteiger partial charge in [0.2, 0.25) is 11.6 Å². The van der Waals surface area contributed by atoms with Crippen molar-refractivity contribution in [1.29, 1.82) is 0 Å². The van der Waals surface area contributed by atoms with Crippen LogP contribution in [-0.4, -0.2) is 34.4 Å². The van der Waals surface area contributed by atoms with Crippen molar-refractivity contribution in [1.82, 2.24) is 5.32 Å². The maximum absolute atomic E-state index is 11.1. The lowest BCUT2D eigenvalue weighted by atomic mass is 10.0. The number of nitrogens with one attached hydrogen (secondary N) is 1. The van der Waals surface area contributed by atoms with Gasteiger partial charge in [0, 0.05) is 6.42 Å². The molecule has 0 spiro atoms. The molecule has 0 bridgehead atoms. The van der Waals surface area contributed by atoms with E-state index in [9.17, 15) is 14.7 Å². The van der Waals surface area contributed by atoms with E-state index in [1.54, 1.807) is 0 Å². The number of hydrogen-bond acceptors (Lipinski definition) is 4. The standard InChI is InChI=1S/C14H28N2O4/c1-11(2)8-6-4-3-5-7-9-14(20,13(18)19)16-12(17)10-15/h11,20H,3-10,15H2,1-2H3,(H,16,17)(H,18,19). The number of aliphatic carboxylic acids is 1. The van der Waals surface area contributed by atoms with Crippen LogP contribution in [0.2, 0.25) is 0 Å². The number of aliphatic hydroxyl groups is 1. The summed E-state index contributed by atoms with van der Waals surface area (Å²) in [5.74, 6) is -1.41. The topological polar surface area (TPSA) is 113 Å². The molecule has 0 aromatic heterocycles. The number of rotatable bonds is 11. The molecule has 118 valence electrons. The Balaban J connectivity index is 3.93. The number of hydrogen-bond donors (Lipinski definition) is 4. The molecule has 0 saturated carbocycles. The maximum atomic E-state index is 11.1. The van der Waals surface area contributed by atoms with Gasteiger partial charge in [0.15, 0.2) is 0 Å². The van der Waals surface area contributed by atoms with Crippen LogP contribution >= 0.6 is 0 Å². The van der Waals surface area contributed by atoms with Gasteiger partial charge in [-0.25, -0.2) is 4.79 Å². The summed E-state index contributed by atoms with van der Waals surface area (Å²) in [4.78, 5) is 22.1. The summed E-state index contributed by atoms with van der Waals surface area (Å²) >= 11 is 0. The molecule has 1 atom stereocenters. The first-order valence-corrected chi connectivity index (χ1v) is 7.28. The normalized spacial score (nSPS) is 14.1. The number of carbonyl (C=O) groups is 2. The van der Waals surface area contributed by atoms with Crippen LogP contribution in [0.25, 0.3) is 0 Å². The Kier molecular flexibility index (Phi) is 9.16. The first kappa shape index (κ1) is 18.9. The van der Waals surface area contributed by atoms with E-state index in [0.717, 1.165) is 19.3 Å². The fourth-order valence-electron chi connectivity index (χ4n) is 1.97. The van der Waals surface area contributed by atoms with Gasteiger partial charge in [-0.2, -0.15) is 0 Å². The second-order valence-corrected chi connectivity index (χ2v) is 5.62. The van der Waals surface area contributed by atoms with E-state index in [0.29, 0.717) is 12.3 Å². The van der Waals surface area contributed by atoms with Crippen molar-refractivity contribution in [3.63, 3.8) is 0 Å². The van der Waals surface area contributed by atoms with Crippen LogP contribution in [0.4, 0.5) is 0 Å². The number of carbonyl (C=O) groups excluding carboxylic acids is 1. The summed E-state index contributed by atoms with van der Waals surface area (Å²) in [7, 11) is 0. The Bertz CT molecular complexity index is 308. The Labute approximate surface area is 120 Å². The molecule has 1 unspecified atom stereocenters. The highest BCUT2D eigenvalue weighted by Gasteiger charge is 2.36. The van der Waals surface area contributed by atoms with E-state index in [-0.39, 0.29) is 13.0 Å². The quantitative estimate of drug-likeness (QED) is 0.337. The van der Waals surface area contributed by atoms with Crippen LogP contribution in [0.3, 0.4) is 0 Å². The summed E-state index contributed by atoms with van der Waals surface area (Å²) in [6.45, 7) is 4.03. The van der Waals surface area contributed by atoms with E-state index >= 15 is 0 Å². The molecule has 0 aliphatic carbocycles. The Morgan fingerprint density at radius 3 is 2.20 bits per heavy atom. The van der Waals surface area contributed by atoms with E-state index < -0.39 is 17.6 Å². The fourth-order valence-corrected chi connectivity index (χ4v) is 1.97. The van der Waals surface area contributed by atoms with Crippen LogP contribution in [0.5, 0.6) is 0 Å². The molecule has 0 rings (SSSR count). The fraction of sp³-hybridized carbons (Fsp3) is 0.857. The van der Waals surface area contributed by atoms with Gasteiger partial charge in [0.1, 0.15) is 0 Å². The van der Waals surface area contributed by atoms with Gasteiger partial charge in [-0.15, -0.1) is 0 Å².